The molecular weight excluding hydrogens is 201 g/mol. The molecule has 6 heteroatoms. The Morgan fingerprint density at radius 1 is 1.47 bits per heavy atom. The van der Waals surface area contributed by atoms with Gasteiger partial charge in [-0.15, -0.1) is 0 Å². The Morgan fingerprint density at radius 2 is 2.27 bits per heavy atom. The molecular formula is C9H14FN3O2. The fourth-order valence-corrected chi connectivity index (χ4v) is 0.918. The Bertz CT molecular complexity index is 309. The minimum atomic E-state index is -0.576. The summed E-state index contributed by atoms with van der Waals surface area (Å²) in [6, 6.07) is 0. The van der Waals surface area contributed by atoms with Crippen molar-refractivity contribution in [2.24, 2.45) is 0 Å². The zero-order chi connectivity index (χ0) is 11.1. The fourth-order valence-electron chi connectivity index (χ4n) is 0.918. The normalized spacial score (nSPS) is 10.1. The summed E-state index contributed by atoms with van der Waals surface area (Å²) in [5, 5.41) is 2.87. The van der Waals surface area contributed by atoms with E-state index in [1.54, 1.807) is 7.11 Å². The van der Waals surface area contributed by atoms with Crippen molar-refractivity contribution >= 4 is 5.95 Å². The van der Waals surface area contributed by atoms with E-state index in [0.717, 1.165) is 6.20 Å². The maximum atomic E-state index is 13.1. The van der Waals surface area contributed by atoms with Crippen LogP contribution in [0, 0.1) is 5.82 Å². The average Bonchev–Trinajstić information content (AvgIpc) is 2.23. The van der Waals surface area contributed by atoms with Crippen molar-refractivity contribution in [1.82, 2.24) is 9.97 Å². The lowest BCUT2D eigenvalue weighted by Gasteiger charge is -2.07. The van der Waals surface area contributed by atoms with Gasteiger partial charge in [0.15, 0.2) is 0 Å². The number of anilines is 1. The standard InChI is InChI=1S/C9H14FN3O2/c1-3-11-9-12-6-7(10)8(13-9)15-5-4-14-2/h6H,3-5H2,1-2H3,(H,11,12,13). The Labute approximate surface area is 87.6 Å². The quantitative estimate of drug-likeness (QED) is 0.719. The largest absolute Gasteiger partial charge is 0.473 e. The molecule has 0 atom stereocenters. The molecule has 5 nitrogen and oxygen atoms in total. The highest BCUT2D eigenvalue weighted by atomic mass is 19.1. The van der Waals surface area contributed by atoms with Gasteiger partial charge in [-0.25, -0.2) is 4.98 Å². The number of hydrogen-bond acceptors (Lipinski definition) is 5. The van der Waals surface area contributed by atoms with Crippen LogP contribution in [0.2, 0.25) is 0 Å². The molecule has 0 aliphatic carbocycles. The van der Waals surface area contributed by atoms with E-state index in [9.17, 15) is 4.39 Å². The molecule has 0 amide bonds. The van der Waals surface area contributed by atoms with E-state index in [4.69, 9.17) is 9.47 Å². The Morgan fingerprint density at radius 3 is 2.93 bits per heavy atom. The van der Waals surface area contributed by atoms with Gasteiger partial charge in [0.25, 0.3) is 5.88 Å². The smallest absolute Gasteiger partial charge is 0.255 e. The van der Waals surface area contributed by atoms with E-state index >= 15 is 0 Å². The van der Waals surface area contributed by atoms with E-state index in [2.05, 4.69) is 15.3 Å². The highest BCUT2D eigenvalue weighted by Crippen LogP contribution is 2.13. The van der Waals surface area contributed by atoms with Gasteiger partial charge in [-0.1, -0.05) is 0 Å². The van der Waals surface area contributed by atoms with E-state index in [-0.39, 0.29) is 12.5 Å². The monoisotopic (exact) mass is 215 g/mol. The molecule has 0 spiro atoms. The highest BCUT2D eigenvalue weighted by molar-refractivity contribution is 5.27. The van der Waals surface area contributed by atoms with Crippen LogP contribution in [0.3, 0.4) is 0 Å². The zero-order valence-corrected chi connectivity index (χ0v) is 8.79. The third-order valence-electron chi connectivity index (χ3n) is 1.57. The molecule has 1 rings (SSSR count). The first kappa shape index (κ1) is 11.6. The van der Waals surface area contributed by atoms with Gasteiger partial charge in [0.05, 0.1) is 12.8 Å². The van der Waals surface area contributed by atoms with Gasteiger partial charge in [-0.2, -0.15) is 9.37 Å². The van der Waals surface area contributed by atoms with E-state index in [1.807, 2.05) is 6.92 Å². The van der Waals surface area contributed by atoms with Crippen LogP contribution < -0.4 is 10.1 Å². The minimum absolute atomic E-state index is 0.0574. The Balaban J connectivity index is 2.63. The predicted molar refractivity (Wildman–Crippen MR) is 53.5 cm³/mol. The fraction of sp³-hybridized carbons (Fsp3) is 0.556. The van der Waals surface area contributed by atoms with Gasteiger partial charge >= 0.3 is 0 Å². The maximum Gasteiger partial charge on any atom is 0.255 e. The molecule has 0 fully saturated rings. The molecule has 0 aromatic carbocycles. The summed E-state index contributed by atoms with van der Waals surface area (Å²) >= 11 is 0. The van der Waals surface area contributed by atoms with Gasteiger partial charge in [0, 0.05) is 13.7 Å². The van der Waals surface area contributed by atoms with Crippen molar-refractivity contribution in [2.45, 2.75) is 6.92 Å². The number of methoxy groups -OCH3 is 1. The first-order valence-corrected chi connectivity index (χ1v) is 4.66. The SMILES string of the molecule is CCNc1ncc(F)c(OCCOC)n1. The van der Waals surface area contributed by atoms with Crippen LogP contribution in [0.25, 0.3) is 0 Å². The van der Waals surface area contributed by atoms with Gasteiger partial charge in [-0.3, -0.25) is 0 Å². The van der Waals surface area contributed by atoms with Gasteiger partial charge in [0.2, 0.25) is 11.8 Å². The van der Waals surface area contributed by atoms with E-state index in [1.165, 1.54) is 0 Å². The van der Waals surface area contributed by atoms with Gasteiger partial charge in [-0.05, 0) is 6.92 Å². The summed E-state index contributed by atoms with van der Waals surface area (Å²) < 4.78 is 23.0. The second kappa shape index (κ2) is 6.13. The molecule has 84 valence electrons. The van der Waals surface area contributed by atoms with E-state index in [0.29, 0.717) is 19.1 Å². The molecule has 15 heavy (non-hydrogen) atoms. The molecule has 1 heterocycles. The van der Waals surface area contributed by atoms with Crippen LogP contribution in [0.1, 0.15) is 6.92 Å². The van der Waals surface area contributed by atoms with Gasteiger partial charge in [0.1, 0.15) is 6.61 Å². The zero-order valence-electron chi connectivity index (χ0n) is 8.79. The first-order valence-electron chi connectivity index (χ1n) is 4.66. The number of nitrogens with zero attached hydrogens (tertiary/aromatic N) is 2. The molecule has 0 saturated carbocycles. The number of hydrogen-bond donors (Lipinski definition) is 1. The number of aromatic nitrogens is 2. The second-order valence-electron chi connectivity index (χ2n) is 2.72. The molecule has 0 aliphatic rings. The third kappa shape index (κ3) is 3.67. The van der Waals surface area contributed by atoms with Crippen molar-refractivity contribution in [1.29, 1.82) is 0 Å². The Kier molecular flexibility index (Phi) is 4.76. The van der Waals surface area contributed by atoms with Crippen molar-refractivity contribution in [3.8, 4) is 5.88 Å². The lowest BCUT2D eigenvalue weighted by molar-refractivity contribution is 0.141. The van der Waals surface area contributed by atoms with Crippen LogP contribution in [-0.2, 0) is 4.74 Å². The van der Waals surface area contributed by atoms with Crippen molar-refractivity contribution in [3.63, 3.8) is 0 Å². The summed E-state index contributed by atoms with van der Waals surface area (Å²) in [5.74, 6) is -0.280. The molecule has 1 N–H and O–H groups in total. The number of rotatable bonds is 6. The Hall–Kier alpha value is -1.43. The predicted octanol–water partition coefficient (Wildman–Crippen LogP) is 1.07. The number of halogens is 1. The lowest BCUT2D eigenvalue weighted by Crippen LogP contribution is -2.09. The number of ether oxygens (including phenoxy) is 2. The summed E-state index contributed by atoms with van der Waals surface area (Å²) in [4.78, 5) is 7.61. The lowest BCUT2D eigenvalue weighted by atomic mass is 10.6. The van der Waals surface area contributed by atoms with Gasteiger partial charge < -0.3 is 14.8 Å². The topological polar surface area (TPSA) is 56.3 Å². The number of nitrogens with one attached hydrogen (secondary N) is 1. The minimum Gasteiger partial charge on any atom is -0.473 e. The molecule has 0 unspecified atom stereocenters. The maximum absolute atomic E-state index is 13.1. The van der Waals surface area contributed by atoms with E-state index < -0.39 is 5.82 Å². The van der Waals surface area contributed by atoms with Crippen molar-refractivity contribution in [3.05, 3.63) is 12.0 Å². The van der Waals surface area contributed by atoms with Crippen LogP contribution in [0.5, 0.6) is 5.88 Å². The first-order chi connectivity index (χ1) is 7.27. The van der Waals surface area contributed by atoms with Crippen molar-refractivity contribution in [2.75, 3.05) is 32.2 Å². The van der Waals surface area contributed by atoms with Crippen molar-refractivity contribution < 1.29 is 13.9 Å². The highest BCUT2D eigenvalue weighted by Gasteiger charge is 2.07. The molecule has 1 aromatic rings. The van der Waals surface area contributed by atoms with Crippen LogP contribution in [0.15, 0.2) is 6.20 Å². The summed E-state index contributed by atoms with van der Waals surface area (Å²) in [5.41, 5.74) is 0. The molecule has 0 radical (unpaired) electrons. The summed E-state index contributed by atoms with van der Waals surface area (Å²) in [6.07, 6.45) is 1.08. The molecule has 0 bridgehead atoms. The molecule has 1 aromatic heterocycles. The molecule has 0 saturated heterocycles. The summed E-state index contributed by atoms with van der Waals surface area (Å²) in [7, 11) is 1.55. The van der Waals surface area contributed by atoms with Crippen LogP contribution in [-0.4, -0.2) is 36.8 Å². The summed E-state index contributed by atoms with van der Waals surface area (Å²) in [6.45, 7) is 3.22. The van der Waals surface area contributed by atoms with Crippen LogP contribution in [0.4, 0.5) is 10.3 Å². The average molecular weight is 215 g/mol. The van der Waals surface area contributed by atoms with Crippen LogP contribution >= 0.6 is 0 Å². The third-order valence-corrected chi connectivity index (χ3v) is 1.57. The molecule has 0 aliphatic heterocycles. The second-order valence-corrected chi connectivity index (χ2v) is 2.72.